The zero-order chi connectivity index (χ0) is 6.10. The highest BCUT2D eigenvalue weighted by Gasteiger charge is 2.25. The van der Waals surface area contributed by atoms with Crippen molar-refractivity contribution in [1.29, 1.82) is 0 Å². The molecule has 0 aromatic carbocycles. The van der Waals surface area contributed by atoms with E-state index >= 15 is 0 Å². The standard InChI is InChI=1S/C4H8N2S3/c1-5-2-8-4-9-6(5)3-7-1/h1-4H2. The van der Waals surface area contributed by atoms with Crippen molar-refractivity contribution in [2.45, 2.75) is 0 Å². The van der Waals surface area contributed by atoms with Gasteiger partial charge in [-0.05, 0) is 0 Å². The van der Waals surface area contributed by atoms with Crippen LogP contribution in [-0.4, -0.2) is 32.1 Å². The average molecular weight is 180 g/mol. The third-order valence-corrected chi connectivity index (χ3v) is 4.58. The lowest BCUT2D eigenvalue weighted by molar-refractivity contribution is 0.166. The highest BCUT2D eigenvalue weighted by atomic mass is 32.2. The van der Waals surface area contributed by atoms with E-state index in [9.17, 15) is 0 Å². The fourth-order valence-electron chi connectivity index (χ4n) is 0.832. The van der Waals surface area contributed by atoms with Crippen LogP contribution >= 0.6 is 35.5 Å². The number of hydrogen-bond acceptors (Lipinski definition) is 5. The first kappa shape index (κ1) is 6.67. The number of hydrazine groups is 1. The fourth-order valence-corrected chi connectivity index (χ4v) is 4.26. The third-order valence-electron chi connectivity index (χ3n) is 1.28. The monoisotopic (exact) mass is 180 g/mol. The Labute approximate surface area is 67.8 Å². The second-order valence-corrected chi connectivity index (χ2v) is 5.11. The number of nitrogens with zero attached hydrogens (tertiary/aromatic N) is 2. The van der Waals surface area contributed by atoms with E-state index < -0.39 is 0 Å². The Kier molecular flexibility index (Phi) is 2.16. The van der Waals surface area contributed by atoms with Gasteiger partial charge in [0, 0.05) is 0 Å². The first-order chi connectivity index (χ1) is 4.47. The van der Waals surface area contributed by atoms with Gasteiger partial charge in [-0.1, -0.05) is 11.9 Å². The van der Waals surface area contributed by atoms with Crippen LogP contribution in [0, 0.1) is 0 Å². The summed E-state index contributed by atoms with van der Waals surface area (Å²) in [6.07, 6.45) is 0. The number of hydrogen-bond donors (Lipinski definition) is 0. The second kappa shape index (κ2) is 2.92. The topological polar surface area (TPSA) is 6.48 Å². The highest BCUT2D eigenvalue weighted by molar-refractivity contribution is 8.15. The third kappa shape index (κ3) is 1.35. The molecule has 0 N–H and O–H groups in total. The highest BCUT2D eigenvalue weighted by Crippen LogP contribution is 2.34. The summed E-state index contributed by atoms with van der Waals surface area (Å²) < 4.78 is 2.36. The van der Waals surface area contributed by atoms with Crippen LogP contribution in [0.1, 0.15) is 0 Å². The summed E-state index contributed by atoms with van der Waals surface area (Å²) in [6.45, 7) is 0. The van der Waals surface area contributed by atoms with Gasteiger partial charge in [-0.2, -0.15) is 4.41 Å². The van der Waals surface area contributed by atoms with Crippen molar-refractivity contribution in [2.75, 3.05) is 22.7 Å². The molecule has 0 unspecified atom stereocenters. The van der Waals surface area contributed by atoms with Crippen molar-refractivity contribution in [1.82, 2.24) is 9.42 Å². The van der Waals surface area contributed by atoms with E-state index in [4.69, 9.17) is 0 Å². The fraction of sp³-hybridized carbons (Fsp3) is 1.00. The molecular formula is C4H8N2S3. The minimum Gasteiger partial charge on any atom is -0.211 e. The summed E-state index contributed by atoms with van der Waals surface area (Å²) in [5.74, 6) is 3.57. The molecule has 0 atom stereocenters. The summed E-state index contributed by atoms with van der Waals surface area (Å²) in [7, 11) is 0. The SMILES string of the molecule is C1SCN2CSCN2S1. The van der Waals surface area contributed by atoms with E-state index in [0.717, 1.165) is 0 Å². The molecule has 0 saturated carbocycles. The van der Waals surface area contributed by atoms with Crippen LogP contribution in [-0.2, 0) is 0 Å². The maximum atomic E-state index is 2.39. The molecule has 5 heteroatoms. The van der Waals surface area contributed by atoms with Gasteiger partial charge in [0.15, 0.2) is 0 Å². The Bertz CT molecular complexity index is 98.0. The van der Waals surface area contributed by atoms with E-state index in [0.29, 0.717) is 0 Å². The molecule has 9 heavy (non-hydrogen) atoms. The van der Waals surface area contributed by atoms with E-state index in [2.05, 4.69) is 9.42 Å². The lowest BCUT2D eigenvalue weighted by Crippen LogP contribution is -2.33. The van der Waals surface area contributed by atoms with Crippen molar-refractivity contribution in [3.8, 4) is 0 Å². The van der Waals surface area contributed by atoms with Gasteiger partial charge in [0.05, 0.1) is 22.7 Å². The molecule has 0 aliphatic carbocycles. The molecule has 2 heterocycles. The summed E-state index contributed by atoms with van der Waals surface area (Å²) in [4.78, 5) is 0. The van der Waals surface area contributed by atoms with Crippen LogP contribution < -0.4 is 0 Å². The van der Waals surface area contributed by atoms with Gasteiger partial charge in [-0.3, -0.25) is 0 Å². The molecule has 52 valence electrons. The molecule has 2 fully saturated rings. The van der Waals surface area contributed by atoms with Gasteiger partial charge in [-0.25, -0.2) is 5.01 Å². The van der Waals surface area contributed by atoms with Crippen molar-refractivity contribution >= 4 is 35.5 Å². The number of thioether (sulfide) groups is 2. The summed E-state index contributed by atoms with van der Waals surface area (Å²) in [5.41, 5.74) is 0. The minimum absolute atomic E-state index is 1.19. The molecule has 0 spiro atoms. The first-order valence-electron chi connectivity index (χ1n) is 2.77. The van der Waals surface area contributed by atoms with Crippen molar-refractivity contribution in [3.05, 3.63) is 0 Å². The Morgan fingerprint density at radius 3 is 2.78 bits per heavy atom. The van der Waals surface area contributed by atoms with Gasteiger partial charge in [-0.15, -0.1) is 23.5 Å². The van der Waals surface area contributed by atoms with Gasteiger partial charge >= 0.3 is 0 Å². The minimum atomic E-state index is 1.19. The Morgan fingerprint density at radius 1 is 1.00 bits per heavy atom. The predicted octanol–water partition coefficient (Wildman–Crippen LogP) is 1.48. The zero-order valence-electron chi connectivity index (χ0n) is 4.95. The summed E-state index contributed by atoms with van der Waals surface area (Å²) in [6, 6.07) is 0. The van der Waals surface area contributed by atoms with Crippen molar-refractivity contribution < 1.29 is 0 Å². The quantitative estimate of drug-likeness (QED) is 0.519. The van der Waals surface area contributed by atoms with Crippen molar-refractivity contribution in [2.24, 2.45) is 0 Å². The Hall–Kier alpha value is 0.970. The molecule has 2 aliphatic rings. The van der Waals surface area contributed by atoms with Crippen LogP contribution in [0.5, 0.6) is 0 Å². The molecule has 0 radical (unpaired) electrons. The number of rotatable bonds is 0. The van der Waals surface area contributed by atoms with Gasteiger partial charge in [0.1, 0.15) is 0 Å². The van der Waals surface area contributed by atoms with E-state index in [1.807, 2.05) is 35.5 Å². The second-order valence-electron chi connectivity index (χ2n) is 1.90. The average Bonchev–Trinajstić information content (AvgIpc) is 2.33. The van der Waals surface area contributed by atoms with E-state index in [1.165, 1.54) is 22.7 Å². The maximum Gasteiger partial charge on any atom is 0.0717 e. The van der Waals surface area contributed by atoms with Crippen molar-refractivity contribution in [3.63, 3.8) is 0 Å². The van der Waals surface area contributed by atoms with E-state index in [1.54, 1.807) is 0 Å². The lowest BCUT2D eigenvalue weighted by atomic mass is 11.1. The molecule has 2 saturated heterocycles. The van der Waals surface area contributed by atoms with Gasteiger partial charge in [0.25, 0.3) is 0 Å². The Morgan fingerprint density at radius 2 is 1.89 bits per heavy atom. The van der Waals surface area contributed by atoms with Gasteiger partial charge < -0.3 is 0 Å². The normalized spacial score (nSPS) is 30.7. The largest absolute Gasteiger partial charge is 0.211 e. The zero-order valence-corrected chi connectivity index (χ0v) is 7.40. The predicted molar refractivity (Wildman–Crippen MR) is 45.9 cm³/mol. The smallest absolute Gasteiger partial charge is 0.0717 e. The van der Waals surface area contributed by atoms with Crippen LogP contribution in [0.2, 0.25) is 0 Å². The molecule has 0 aromatic heterocycles. The lowest BCUT2D eigenvalue weighted by Gasteiger charge is -2.29. The Balaban J connectivity index is 1.97. The molecule has 2 rings (SSSR count). The van der Waals surface area contributed by atoms with Crippen LogP contribution in [0.25, 0.3) is 0 Å². The van der Waals surface area contributed by atoms with Crippen LogP contribution in [0.3, 0.4) is 0 Å². The molecule has 0 bridgehead atoms. The first-order valence-corrected chi connectivity index (χ1v) is 6.03. The number of fused-ring (bicyclic) bond motifs is 1. The van der Waals surface area contributed by atoms with E-state index in [-0.39, 0.29) is 0 Å². The summed E-state index contributed by atoms with van der Waals surface area (Å²) in [5, 5.41) is 3.63. The summed E-state index contributed by atoms with van der Waals surface area (Å²) >= 11 is 5.94. The van der Waals surface area contributed by atoms with Gasteiger partial charge in [0.2, 0.25) is 0 Å². The maximum absolute atomic E-state index is 2.39. The molecule has 0 aromatic rings. The van der Waals surface area contributed by atoms with Crippen LogP contribution in [0.4, 0.5) is 0 Å². The molecule has 2 aliphatic heterocycles. The molecular weight excluding hydrogens is 172 g/mol. The van der Waals surface area contributed by atoms with Crippen LogP contribution in [0.15, 0.2) is 0 Å². The molecule has 2 nitrogen and oxygen atoms in total. The molecule has 0 amide bonds.